The summed E-state index contributed by atoms with van der Waals surface area (Å²) in [5.41, 5.74) is -0.161. The van der Waals surface area contributed by atoms with Crippen LogP contribution in [0.2, 0.25) is 0 Å². The van der Waals surface area contributed by atoms with Crippen LogP contribution in [-0.2, 0) is 19.6 Å². The maximum absolute atomic E-state index is 12.2. The molecule has 2 rings (SSSR count). The zero-order valence-corrected chi connectivity index (χ0v) is 13.0. The lowest BCUT2D eigenvalue weighted by atomic mass is 10.1. The lowest BCUT2D eigenvalue weighted by Gasteiger charge is -2.11. The number of nitrogens with one attached hydrogen (secondary N) is 1. The summed E-state index contributed by atoms with van der Waals surface area (Å²) in [7, 11) is -2.97. The van der Waals surface area contributed by atoms with E-state index in [0.29, 0.717) is 0 Å². The van der Waals surface area contributed by atoms with Gasteiger partial charge in [-0.15, -0.1) is 0 Å². The number of benzene rings is 1. The van der Waals surface area contributed by atoms with E-state index >= 15 is 0 Å². The van der Waals surface area contributed by atoms with Gasteiger partial charge in [0.05, 0.1) is 7.11 Å². The van der Waals surface area contributed by atoms with Gasteiger partial charge in [0.25, 0.3) is 0 Å². The van der Waals surface area contributed by atoms with Crippen LogP contribution in [0.25, 0.3) is 0 Å². The van der Waals surface area contributed by atoms with Gasteiger partial charge in [-0.05, 0) is 19.1 Å². The summed E-state index contributed by atoms with van der Waals surface area (Å²) in [5.74, 6) is -2.94. The summed E-state index contributed by atoms with van der Waals surface area (Å²) >= 11 is 0. The molecule has 1 aromatic carbocycles. The molecule has 10 heteroatoms. The van der Waals surface area contributed by atoms with Gasteiger partial charge in [0, 0.05) is 0 Å². The molecule has 0 spiro atoms. The van der Waals surface area contributed by atoms with E-state index < -0.39 is 45.1 Å². The molecule has 0 aliphatic carbocycles. The summed E-state index contributed by atoms with van der Waals surface area (Å²) < 4.78 is 36.4. The molecule has 0 aromatic heterocycles. The molecule has 1 aliphatic heterocycles. The number of ketones is 2. The number of rotatable bonds is 6. The van der Waals surface area contributed by atoms with Crippen molar-refractivity contribution in [3.05, 3.63) is 17.7 Å². The number of hydrogen-bond donors (Lipinski definition) is 2. The van der Waals surface area contributed by atoms with Gasteiger partial charge in [-0.3, -0.25) is 14.4 Å². The highest BCUT2D eigenvalue weighted by Gasteiger charge is 2.42. The van der Waals surface area contributed by atoms with Crippen LogP contribution in [0.4, 0.5) is 0 Å². The molecule has 1 heterocycles. The SMILES string of the molecule is COc1ccc(S(=O)(=O)NCC(=O)O)c2c1C(=O)C(C(C)=O)O2. The van der Waals surface area contributed by atoms with Crippen LogP contribution in [0.15, 0.2) is 17.0 Å². The van der Waals surface area contributed by atoms with Crippen molar-refractivity contribution in [2.24, 2.45) is 0 Å². The Balaban J connectivity index is 2.57. The predicted molar refractivity (Wildman–Crippen MR) is 75.2 cm³/mol. The Kier molecular flexibility index (Phi) is 4.39. The van der Waals surface area contributed by atoms with Crippen LogP contribution in [0.5, 0.6) is 11.5 Å². The second-order valence-corrected chi connectivity index (χ2v) is 6.40. The third kappa shape index (κ3) is 3.03. The Hall–Kier alpha value is -2.46. The highest BCUT2D eigenvalue weighted by molar-refractivity contribution is 7.89. The van der Waals surface area contributed by atoms with E-state index in [1.165, 1.54) is 13.2 Å². The van der Waals surface area contributed by atoms with Crippen molar-refractivity contribution in [2.45, 2.75) is 17.9 Å². The third-order valence-corrected chi connectivity index (χ3v) is 4.52. The minimum Gasteiger partial charge on any atom is -0.496 e. The van der Waals surface area contributed by atoms with E-state index in [9.17, 15) is 22.8 Å². The van der Waals surface area contributed by atoms with Crippen molar-refractivity contribution < 1.29 is 37.4 Å². The van der Waals surface area contributed by atoms with Crippen molar-refractivity contribution in [3.63, 3.8) is 0 Å². The van der Waals surface area contributed by atoms with Gasteiger partial charge in [-0.25, -0.2) is 8.42 Å². The standard InChI is InChI=1S/C13H13NO8S/c1-6(15)12-11(18)10-7(21-2)3-4-8(13(10)22-12)23(19,20)14-5-9(16)17/h3-4,12,14H,5H2,1-2H3,(H,16,17). The first-order valence-electron chi connectivity index (χ1n) is 6.32. The Morgan fingerprint density at radius 2 is 2.04 bits per heavy atom. The summed E-state index contributed by atoms with van der Waals surface area (Å²) in [6, 6.07) is 2.34. The first-order chi connectivity index (χ1) is 10.7. The number of carboxylic acids is 1. The van der Waals surface area contributed by atoms with Gasteiger partial charge in [0.1, 0.15) is 22.8 Å². The molecular weight excluding hydrogens is 330 g/mol. The predicted octanol–water partition coefficient (Wildman–Crippen LogP) is -0.409. The van der Waals surface area contributed by atoms with Gasteiger partial charge in [0.15, 0.2) is 11.5 Å². The number of carbonyl (C=O) groups is 3. The number of methoxy groups -OCH3 is 1. The lowest BCUT2D eigenvalue weighted by Crippen LogP contribution is -2.30. The molecule has 0 bridgehead atoms. The maximum atomic E-state index is 12.2. The van der Waals surface area contributed by atoms with Gasteiger partial charge in [-0.1, -0.05) is 0 Å². The quantitative estimate of drug-likeness (QED) is 0.665. The molecule has 124 valence electrons. The fraction of sp³-hybridized carbons (Fsp3) is 0.308. The van der Waals surface area contributed by atoms with Crippen LogP contribution in [0, 0.1) is 0 Å². The third-order valence-electron chi connectivity index (χ3n) is 3.10. The molecule has 0 fully saturated rings. The molecule has 1 aliphatic rings. The molecule has 23 heavy (non-hydrogen) atoms. The van der Waals surface area contributed by atoms with Crippen molar-refractivity contribution in [1.82, 2.24) is 4.72 Å². The second-order valence-electron chi connectivity index (χ2n) is 4.66. The lowest BCUT2D eigenvalue weighted by molar-refractivity contribution is -0.135. The average Bonchev–Trinajstić information content (AvgIpc) is 2.82. The van der Waals surface area contributed by atoms with Gasteiger partial charge < -0.3 is 14.6 Å². The summed E-state index contributed by atoms with van der Waals surface area (Å²) in [4.78, 5) is 33.8. The van der Waals surface area contributed by atoms with Crippen molar-refractivity contribution in [1.29, 1.82) is 0 Å². The molecule has 1 atom stereocenters. The van der Waals surface area contributed by atoms with E-state index in [1.54, 1.807) is 0 Å². The van der Waals surface area contributed by atoms with E-state index in [4.69, 9.17) is 14.6 Å². The number of ether oxygens (including phenoxy) is 2. The Morgan fingerprint density at radius 3 is 2.57 bits per heavy atom. The maximum Gasteiger partial charge on any atom is 0.318 e. The van der Waals surface area contributed by atoms with Gasteiger partial charge in [-0.2, -0.15) is 4.72 Å². The number of aliphatic carboxylic acids is 1. The van der Waals surface area contributed by atoms with Crippen LogP contribution >= 0.6 is 0 Å². The van der Waals surface area contributed by atoms with Gasteiger partial charge in [0.2, 0.25) is 21.9 Å². The Morgan fingerprint density at radius 1 is 1.39 bits per heavy atom. The average molecular weight is 343 g/mol. The number of carbonyl (C=O) groups excluding carboxylic acids is 2. The minimum atomic E-state index is -4.25. The van der Waals surface area contributed by atoms with Crippen LogP contribution in [0.3, 0.4) is 0 Å². The molecule has 1 unspecified atom stereocenters. The van der Waals surface area contributed by atoms with Crippen LogP contribution in [-0.4, -0.2) is 50.8 Å². The van der Waals surface area contributed by atoms with Crippen molar-refractivity contribution >= 4 is 27.6 Å². The first kappa shape index (κ1) is 16.9. The smallest absolute Gasteiger partial charge is 0.318 e. The molecular formula is C13H13NO8S. The van der Waals surface area contributed by atoms with Crippen molar-refractivity contribution in [2.75, 3.05) is 13.7 Å². The fourth-order valence-electron chi connectivity index (χ4n) is 2.08. The largest absolute Gasteiger partial charge is 0.496 e. The van der Waals surface area contributed by atoms with E-state index in [1.807, 2.05) is 4.72 Å². The monoisotopic (exact) mass is 343 g/mol. The Labute approximate surface area is 131 Å². The normalized spacial score (nSPS) is 16.6. The molecule has 2 N–H and O–H groups in total. The molecule has 1 aromatic rings. The topological polar surface area (TPSA) is 136 Å². The summed E-state index contributed by atoms with van der Waals surface area (Å²) in [6.45, 7) is 0.297. The number of Topliss-reactive ketones (excluding diaryl/α,β-unsaturated/α-hetero) is 2. The molecule has 0 saturated carbocycles. The van der Waals surface area contributed by atoms with E-state index in [2.05, 4.69) is 0 Å². The zero-order chi connectivity index (χ0) is 17.4. The molecule has 0 saturated heterocycles. The number of sulfonamides is 1. The van der Waals surface area contributed by atoms with Crippen LogP contribution < -0.4 is 14.2 Å². The second kappa shape index (κ2) is 5.97. The first-order valence-corrected chi connectivity index (χ1v) is 7.81. The number of carboxylic acid groups (broad SMARTS) is 1. The fourth-order valence-corrected chi connectivity index (χ4v) is 3.19. The number of fused-ring (bicyclic) bond motifs is 1. The Bertz CT molecular complexity index is 798. The molecule has 0 radical (unpaired) electrons. The molecule has 0 amide bonds. The van der Waals surface area contributed by atoms with E-state index in [-0.39, 0.29) is 17.1 Å². The summed E-state index contributed by atoms with van der Waals surface area (Å²) in [6.07, 6.45) is -1.45. The highest BCUT2D eigenvalue weighted by Crippen LogP contribution is 2.41. The van der Waals surface area contributed by atoms with Crippen molar-refractivity contribution in [3.8, 4) is 11.5 Å². The minimum absolute atomic E-state index is 0.0611. The molecule has 9 nitrogen and oxygen atoms in total. The van der Waals surface area contributed by atoms with Gasteiger partial charge >= 0.3 is 5.97 Å². The highest BCUT2D eigenvalue weighted by atomic mass is 32.2. The zero-order valence-electron chi connectivity index (χ0n) is 12.2. The van der Waals surface area contributed by atoms with E-state index in [0.717, 1.165) is 13.0 Å². The van der Waals surface area contributed by atoms with Crippen LogP contribution in [0.1, 0.15) is 17.3 Å². The number of hydrogen-bond acceptors (Lipinski definition) is 7. The summed E-state index contributed by atoms with van der Waals surface area (Å²) in [5, 5.41) is 8.58.